The number of aromatic nitrogens is 1. The van der Waals surface area contributed by atoms with Gasteiger partial charge in [0.1, 0.15) is 0 Å². The second-order valence-corrected chi connectivity index (χ2v) is 4.93. The number of hydrogen-bond acceptors (Lipinski definition) is 2. The van der Waals surface area contributed by atoms with E-state index in [2.05, 4.69) is 34.8 Å². The van der Waals surface area contributed by atoms with Crippen LogP contribution in [-0.4, -0.2) is 9.81 Å². The average molecular weight is 234 g/mol. The summed E-state index contributed by atoms with van der Waals surface area (Å²) in [5, 5.41) is 3.28. The van der Waals surface area contributed by atoms with E-state index in [0.717, 1.165) is 6.42 Å². The molecule has 0 spiro atoms. The van der Waals surface area contributed by atoms with Gasteiger partial charge in [0.15, 0.2) is 0 Å². The third-order valence-electron chi connectivity index (χ3n) is 1.76. The van der Waals surface area contributed by atoms with Crippen LogP contribution in [0.5, 0.6) is 0 Å². The zero-order chi connectivity index (χ0) is 8.27. The summed E-state index contributed by atoms with van der Waals surface area (Å²) in [5.74, 6) is 0.579. The summed E-state index contributed by atoms with van der Waals surface area (Å²) >= 11 is 5.33. The molecule has 0 aliphatic carbocycles. The van der Waals surface area contributed by atoms with E-state index in [1.165, 1.54) is 5.01 Å². The Morgan fingerprint density at radius 3 is 2.82 bits per heavy atom. The van der Waals surface area contributed by atoms with E-state index < -0.39 is 0 Å². The summed E-state index contributed by atoms with van der Waals surface area (Å²) in [6, 6.07) is 0. The maximum atomic E-state index is 4.30. The van der Waals surface area contributed by atoms with Gasteiger partial charge in [0.2, 0.25) is 0 Å². The number of rotatable bonds is 3. The molecule has 0 saturated heterocycles. The van der Waals surface area contributed by atoms with Crippen molar-refractivity contribution < 1.29 is 0 Å². The maximum Gasteiger partial charge on any atom is 0.0966 e. The zero-order valence-electron chi connectivity index (χ0n) is 6.75. The van der Waals surface area contributed by atoms with Crippen LogP contribution in [0.15, 0.2) is 11.6 Å². The lowest BCUT2D eigenvalue weighted by Gasteiger charge is -2.13. The molecule has 1 aromatic rings. The first-order chi connectivity index (χ1) is 5.25. The molecule has 0 N–H and O–H groups in total. The van der Waals surface area contributed by atoms with Gasteiger partial charge in [-0.05, 0) is 6.42 Å². The number of alkyl halides is 1. The Balaban J connectivity index is 2.71. The minimum absolute atomic E-state index is 0.527. The van der Waals surface area contributed by atoms with Crippen LogP contribution in [0.4, 0.5) is 0 Å². The van der Waals surface area contributed by atoms with E-state index in [1.807, 2.05) is 11.6 Å². The molecule has 0 saturated carbocycles. The van der Waals surface area contributed by atoms with Crippen LogP contribution < -0.4 is 0 Å². The molecule has 2 unspecified atom stereocenters. The Morgan fingerprint density at radius 1 is 1.73 bits per heavy atom. The molecule has 62 valence electrons. The van der Waals surface area contributed by atoms with Gasteiger partial charge in [0.25, 0.3) is 0 Å². The third kappa shape index (κ3) is 2.27. The van der Waals surface area contributed by atoms with Crippen molar-refractivity contribution in [3.63, 3.8) is 0 Å². The number of thiazole rings is 1. The highest BCUT2D eigenvalue weighted by Crippen LogP contribution is 2.28. The first kappa shape index (κ1) is 9.20. The van der Waals surface area contributed by atoms with Gasteiger partial charge in [-0.2, -0.15) is 0 Å². The molecule has 11 heavy (non-hydrogen) atoms. The molecule has 0 fully saturated rings. The molecule has 1 nitrogen and oxygen atoms in total. The van der Waals surface area contributed by atoms with Crippen molar-refractivity contribution in [2.75, 3.05) is 0 Å². The van der Waals surface area contributed by atoms with Crippen LogP contribution in [0.3, 0.4) is 0 Å². The summed E-state index contributed by atoms with van der Waals surface area (Å²) in [4.78, 5) is 4.82. The molecule has 1 heterocycles. The van der Waals surface area contributed by atoms with Crippen molar-refractivity contribution >= 4 is 27.3 Å². The van der Waals surface area contributed by atoms with E-state index in [-0.39, 0.29) is 0 Å². The van der Waals surface area contributed by atoms with Gasteiger partial charge >= 0.3 is 0 Å². The molecule has 0 aliphatic heterocycles. The summed E-state index contributed by atoms with van der Waals surface area (Å²) < 4.78 is 0. The molecular formula is C8H12BrNS. The van der Waals surface area contributed by atoms with Crippen molar-refractivity contribution in [2.45, 2.75) is 31.0 Å². The Bertz CT molecular complexity index is 196. The highest BCUT2D eigenvalue weighted by atomic mass is 79.9. The van der Waals surface area contributed by atoms with Gasteiger partial charge in [-0.15, -0.1) is 11.3 Å². The van der Waals surface area contributed by atoms with Crippen LogP contribution >= 0.6 is 27.3 Å². The van der Waals surface area contributed by atoms with E-state index in [4.69, 9.17) is 0 Å². The molecule has 0 amide bonds. The van der Waals surface area contributed by atoms with Crippen LogP contribution in [-0.2, 0) is 0 Å². The number of nitrogens with zero attached hydrogens (tertiary/aromatic N) is 1. The Kier molecular flexibility index (Phi) is 3.52. The second-order valence-electron chi connectivity index (χ2n) is 2.56. The van der Waals surface area contributed by atoms with Gasteiger partial charge in [0, 0.05) is 22.3 Å². The quantitative estimate of drug-likeness (QED) is 0.730. The highest BCUT2D eigenvalue weighted by Gasteiger charge is 2.16. The first-order valence-corrected chi connectivity index (χ1v) is 5.58. The minimum Gasteiger partial charge on any atom is -0.249 e. The van der Waals surface area contributed by atoms with Crippen LogP contribution in [0.2, 0.25) is 0 Å². The largest absolute Gasteiger partial charge is 0.249 e. The third-order valence-corrected chi connectivity index (χ3v) is 3.31. The number of halogens is 1. The van der Waals surface area contributed by atoms with E-state index in [0.29, 0.717) is 10.7 Å². The molecule has 2 atom stereocenters. The predicted octanol–water partition coefficient (Wildman–Crippen LogP) is 3.42. The van der Waals surface area contributed by atoms with E-state index >= 15 is 0 Å². The van der Waals surface area contributed by atoms with Crippen molar-refractivity contribution in [3.8, 4) is 0 Å². The van der Waals surface area contributed by atoms with Gasteiger partial charge in [-0.25, -0.2) is 4.98 Å². The van der Waals surface area contributed by atoms with Crippen LogP contribution in [0, 0.1) is 0 Å². The SMILES string of the molecule is CCC(c1nccs1)C(C)Br. The van der Waals surface area contributed by atoms with Gasteiger partial charge in [0.05, 0.1) is 5.01 Å². The lowest BCUT2D eigenvalue weighted by Crippen LogP contribution is -2.06. The maximum absolute atomic E-state index is 4.30. The lowest BCUT2D eigenvalue weighted by atomic mass is 10.1. The minimum atomic E-state index is 0.527. The van der Waals surface area contributed by atoms with Crippen LogP contribution in [0.1, 0.15) is 31.2 Å². The van der Waals surface area contributed by atoms with Gasteiger partial charge < -0.3 is 0 Å². The first-order valence-electron chi connectivity index (χ1n) is 3.79. The average Bonchev–Trinajstić information content (AvgIpc) is 2.40. The number of hydrogen-bond donors (Lipinski definition) is 0. The molecular weight excluding hydrogens is 222 g/mol. The Labute approximate surface area is 80.0 Å². The lowest BCUT2D eigenvalue weighted by molar-refractivity contribution is 0.658. The van der Waals surface area contributed by atoms with Gasteiger partial charge in [-0.3, -0.25) is 0 Å². The van der Waals surface area contributed by atoms with E-state index in [9.17, 15) is 0 Å². The van der Waals surface area contributed by atoms with E-state index in [1.54, 1.807) is 11.3 Å². The second kappa shape index (κ2) is 4.21. The van der Waals surface area contributed by atoms with Crippen LogP contribution in [0.25, 0.3) is 0 Å². The fraction of sp³-hybridized carbons (Fsp3) is 0.625. The Hall–Kier alpha value is 0.110. The van der Waals surface area contributed by atoms with Crippen molar-refractivity contribution in [2.24, 2.45) is 0 Å². The fourth-order valence-electron chi connectivity index (χ4n) is 1.11. The molecule has 1 rings (SSSR count). The Morgan fingerprint density at radius 2 is 2.45 bits per heavy atom. The standard InChI is InChI=1S/C8H12BrNS/c1-3-7(6(2)9)8-10-4-5-11-8/h4-7H,3H2,1-2H3. The summed E-state index contributed by atoms with van der Waals surface area (Å²) in [5.41, 5.74) is 0. The predicted molar refractivity (Wildman–Crippen MR) is 53.5 cm³/mol. The van der Waals surface area contributed by atoms with Crippen molar-refractivity contribution in [1.29, 1.82) is 0 Å². The smallest absolute Gasteiger partial charge is 0.0966 e. The molecule has 1 aromatic heterocycles. The molecule has 0 radical (unpaired) electrons. The molecule has 0 bridgehead atoms. The molecule has 0 aliphatic rings. The normalized spacial score (nSPS) is 16.3. The summed E-state index contributed by atoms with van der Waals surface area (Å²) in [6.07, 6.45) is 3.03. The summed E-state index contributed by atoms with van der Waals surface area (Å²) in [6.45, 7) is 4.37. The highest BCUT2D eigenvalue weighted by molar-refractivity contribution is 9.09. The monoisotopic (exact) mass is 233 g/mol. The topological polar surface area (TPSA) is 12.9 Å². The summed E-state index contributed by atoms with van der Waals surface area (Å²) in [7, 11) is 0. The van der Waals surface area contributed by atoms with Gasteiger partial charge in [-0.1, -0.05) is 29.8 Å². The molecule has 3 heteroatoms. The van der Waals surface area contributed by atoms with Crippen molar-refractivity contribution in [3.05, 3.63) is 16.6 Å². The van der Waals surface area contributed by atoms with Crippen molar-refractivity contribution in [1.82, 2.24) is 4.98 Å². The fourth-order valence-corrected chi connectivity index (χ4v) is 2.84. The molecule has 0 aromatic carbocycles. The zero-order valence-corrected chi connectivity index (χ0v) is 9.15.